The molecule has 5 rings (SSSR count). The summed E-state index contributed by atoms with van der Waals surface area (Å²) in [7, 11) is 0. The van der Waals surface area contributed by atoms with Gasteiger partial charge in [0.1, 0.15) is 5.65 Å². The number of benzene rings is 2. The number of pyridine rings is 1. The SMILES string of the molecule is Cc1cc([C@@H](C)Nc2ccccc2C(=O)O)c2nc(-c3cnn(-c4ccc(C#N)cc4)c3)c(C)c(=O)n2c1. The Labute approximate surface area is 218 Å². The topological polar surface area (TPSA) is 125 Å². The lowest BCUT2D eigenvalue weighted by atomic mass is 10.0. The van der Waals surface area contributed by atoms with Crippen LogP contribution in [0.15, 0.2) is 78.0 Å². The number of aromatic carboxylic acids is 1. The van der Waals surface area contributed by atoms with Crippen molar-refractivity contribution in [1.29, 1.82) is 5.26 Å². The van der Waals surface area contributed by atoms with Gasteiger partial charge < -0.3 is 10.4 Å². The molecular formula is C29H24N6O3. The van der Waals surface area contributed by atoms with Gasteiger partial charge in [-0.25, -0.2) is 14.5 Å². The normalized spacial score (nSPS) is 11.7. The summed E-state index contributed by atoms with van der Waals surface area (Å²) >= 11 is 0. The number of fused-ring (bicyclic) bond motifs is 1. The summed E-state index contributed by atoms with van der Waals surface area (Å²) in [6.07, 6.45) is 5.20. The zero-order valence-electron chi connectivity index (χ0n) is 21.0. The zero-order chi connectivity index (χ0) is 27.0. The molecule has 2 N–H and O–H groups in total. The number of aryl methyl sites for hydroxylation is 1. The van der Waals surface area contributed by atoms with Crippen molar-refractivity contribution in [2.24, 2.45) is 0 Å². The van der Waals surface area contributed by atoms with Gasteiger partial charge in [-0.15, -0.1) is 0 Å². The maximum absolute atomic E-state index is 13.5. The number of hydrogen-bond acceptors (Lipinski definition) is 6. The highest BCUT2D eigenvalue weighted by Gasteiger charge is 2.19. The van der Waals surface area contributed by atoms with Gasteiger partial charge in [0.25, 0.3) is 5.56 Å². The van der Waals surface area contributed by atoms with Gasteiger partial charge in [-0.1, -0.05) is 12.1 Å². The van der Waals surface area contributed by atoms with Crippen LogP contribution in [0.3, 0.4) is 0 Å². The van der Waals surface area contributed by atoms with E-state index in [1.165, 1.54) is 4.40 Å². The summed E-state index contributed by atoms with van der Waals surface area (Å²) in [6, 6.07) is 17.4. The second-order valence-corrected chi connectivity index (χ2v) is 9.11. The van der Waals surface area contributed by atoms with Crippen molar-refractivity contribution in [2.75, 3.05) is 5.32 Å². The number of carboxylic acids is 1. The van der Waals surface area contributed by atoms with Crippen LogP contribution in [-0.2, 0) is 0 Å². The average Bonchev–Trinajstić information content (AvgIpc) is 3.41. The molecule has 1 atom stereocenters. The number of para-hydroxylation sites is 1. The Bertz CT molecular complexity index is 1790. The Morgan fingerprint density at radius 1 is 1.11 bits per heavy atom. The van der Waals surface area contributed by atoms with Crippen LogP contribution in [0.2, 0.25) is 0 Å². The first-order valence-corrected chi connectivity index (χ1v) is 11.9. The van der Waals surface area contributed by atoms with E-state index in [-0.39, 0.29) is 17.2 Å². The third-order valence-corrected chi connectivity index (χ3v) is 6.43. The molecule has 38 heavy (non-hydrogen) atoms. The minimum absolute atomic E-state index is 0.160. The maximum atomic E-state index is 13.5. The summed E-state index contributed by atoms with van der Waals surface area (Å²) in [5, 5.41) is 26.4. The lowest BCUT2D eigenvalue weighted by molar-refractivity contribution is 0.0698. The van der Waals surface area contributed by atoms with Crippen LogP contribution in [0.5, 0.6) is 0 Å². The van der Waals surface area contributed by atoms with Gasteiger partial charge in [0.2, 0.25) is 0 Å². The van der Waals surface area contributed by atoms with E-state index in [4.69, 9.17) is 10.2 Å². The summed E-state index contributed by atoms with van der Waals surface area (Å²) < 4.78 is 3.21. The van der Waals surface area contributed by atoms with Crippen LogP contribution in [0, 0.1) is 25.2 Å². The van der Waals surface area contributed by atoms with Crippen molar-refractivity contribution in [2.45, 2.75) is 26.8 Å². The summed E-state index contributed by atoms with van der Waals surface area (Å²) in [5.41, 5.74) is 5.54. The predicted octanol–water partition coefficient (Wildman–Crippen LogP) is 4.91. The number of carbonyl (C=O) groups is 1. The Morgan fingerprint density at radius 2 is 1.84 bits per heavy atom. The van der Waals surface area contributed by atoms with Crippen molar-refractivity contribution < 1.29 is 9.90 Å². The van der Waals surface area contributed by atoms with Crippen molar-refractivity contribution in [3.63, 3.8) is 0 Å². The van der Waals surface area contributed by atoms with Crippen molar-refractivity contribution in [3.05, 3.63) is 111 Å². The standard InChI is InChI=1S/C29H24N6O3/c1-17-12-24(19(3)32-25-7-5-4-6-23(25)29(37)38)27-33-26(18(2)28(36)34(27)15-17)21-14-31-35(16-21)22-10-8-20(13-30)9-11-22/h4-12,14-16,19,32H,1-3H3,(H,37,38)/t19-/m1/s1. The third kappa shape index (κ3) is 4.40. The van der Waals surface area contributed by atoms with Crippen LogP contribution >= 0.6 is 0 Å². The van der Waals surface area contributed by atoms with E-state index in [0.29, 0.717) is 33.7 Å². The van der Waals surface area contributed by atoms with E-state index >= 15 is 0 Å². The third-order valence-electron chi connectivity index (χ3n) is 6.43. The number of anilines is 1. The summed E-state index contributed by atoms with van der Waals surface area (Å²) in [5.74, 6) is -1.03. The average molecular weight is 505 g/mol. The van der Waals surface area contributed by atoms with Gasteiger partial charge in [-0.2, -0.15) is 10.4 Å². The number of carboxylic acid groups (broad SMARTS) is 1. The van der Waals surface area contributed by atoms with Gasteiger partial charge in [0, 0.05) is 34.8 Å². The molecular weight excluding hydrogens is 480 g/mol. The quantitative estimate of drug-likeness (QED) is 0.337. The number of aromatic nitrogens is 4. The molecule has 0 spiro atoms. The van der Waals surface area contributed by atoms with Crippen molar-refractivity contribution in [3.8, 4) is 23.0 Å². The molecule has 3 aromatic heterocycles. The monoisotopic (exact) mass is 504 g/mol. The Morgan fingerprint density at radius 3 is 2.55 bits per heavy atom. The number of rotatable bonds is 6. The summed E-state index contributed by atoms with van der Waals surface area (Å²) in [6.45, 7) is 5.54. The highest BCUT2D eigenvalue weighted by molar-refractivity contribution is 5.94. The molecule has 0 saturated heterocycles. The van der Waals surface area contributed by atoms with Crippen LogP contribution in [-0.4, -0.2) is 30.2 Å². The fraction of sp³-hybridized carbons (Fsp3) is 0.138. The number of hydrogen-bond donors (Lipinski definition) is 2. The van der Waals surface area contributed by atoms with E-state index < -0.39 is 5.97 Å². The highest BCUT2D eigenvalue weighted by atomic mass is 16.4. The van der Waals surface area contributed by atoms with E-state index in [9.17, 15) is 14.7 Å². The molecule has 2 aromatic carbocycles. The maximum Gasteiger partial charge on any atom is 0.337 e. The van der Waals surface area contributed by atoms with E-state index in [0.717, 1.165) is 16.8 Å². The molecule has 0 fully saturated rings. The number of nitrogens with one attached hydrogen (secondary N) is 1. The van der Waals surface area contributed by atoms with Gasteiger partial charge >= 0.3 is 5.97 Å². The molecule has 0 aliphatic heterocycles. The molecule has 188 valence electrons. The van der Waals surface area contributed by atoms with Crippen LogP contribution in [0.4, 0.5) is 5.69 Å². The van der Waals surface area contributed by atoms with Gasteiger partial charge in [0.15, 0.2) is 0 Å². The first-order valence-electron chi connectivity index (χ1n) is 11.9. The van der Waals surface area contributed by atoms with Gasteiger partial charge in [-0.05, 0) is 68.8 Å². The Hall–Kier alpha value is -5.23. The number of nitriles is 1. The smallest absolute Gasteiger partial charge is 0.337 e. The van der Waals surface area contributed by atoms with E-state index in [2.05, 4.69) is 16.5 Å². The summed E-state index contributed by atoms with van der Waals surface area (Å²) in [4.78, 5) is 30.1. The number of nitrogens with zero attached hydrogens (tertiary/aromatic N) is 5. The molecule has 3 heterocycles. The Balaban J connectivity index is 1.60. The highest BCUT2D eigenvalue weighted by Crippen LogP contribution is 2.28. The molecule has 5 aromatic rings. The second kappa shape index (κ2) is 9.67. The van der Waals surface area contributed by atoms with Crippen molar-refractivity contribution >= 4 is 17.3 Å². The molecule has 0 unspecified atom stereocenters. The van der Waals surface area contributed by atoms with Gasteiger partial charge in [-0.3, -0.25) is 9.20 Å². The molecule has 9 nitrogen and oxygen atoms in total. The lowest BCUT2D eigenvalue weighted by Crippen LogP contribution is -2.22. The van der Waals surface area contributed by atoms with Crippen LogP contribution < -0.4 is 10.9 Å². The molecule has 0 saturated carbocycles. The zero-order valence-corrected chi connectivity index (χ0v) is 21.0. The van der Waals surface area contributed by atoms with Crippen molar-refractivity contribution in [1.82, 2.24) is 19.2 Å². The van der Waals surface area contributed by atoms with E-state index in [1.807, 2.05) is 19.9 Å². The van der Waals surface area contributed by atoms with Gasteiger partial charge in [0.05, 0.1) is 40.8 Å². The lowest BCUT2D eigenvalue weighted by Gasteiger charge is -2.20. The molecule has 0 amide bonds. The largest absolute Gasteiger partial charge is 0.478 e. The molecule has 0 radical (unpaired) electrons. The Kier molecular flexibility index (Phi) is 6.23. The van der Waals surface area contributed by atoms with Crippen LogP contribution in [0.1, 0.15) is 45.6 Å². The first-order chi connectivity index (χ1) is 18.3. The fourth-order valence-corrected chi connectivity index (χ4v) is 4.48. The van der Waals surface area contributed by atoms with E-state index in [1.54, 1.807) is 78.7 Å². The fourth-order valence-electron chi connectivity index (χ4n) is 4.48. The molecule has 0 aliphatic carbocycles. The molecule has 9 heteroatoms. The predicted molar refractivity (Wildman–Crippen MR) is 144 cm³/mol. The first kappa shape index (κ1) is 24.5. The van der Waals surface area contributed by atoms with Crippen LogP contribution in [0.25, 0.3) is 22.6 Å². The second-order valence-electron chi connectivity index (χ2n) is 9.11. The minimum Gasteiger partial charge on any atom is -0.478 e. The minimum atomic E-state index is -1.03. The molecule has 0 bridgehead atoms. The molecule has 0 aliphatic rings.